The van der Waals surface area contributed by atoms with Crippen LogP contribution in [0, 0.1) is 5.41 Å². The fourth-order valence-electron chi connectivity index (χ4n) is 0.834. The molecule has 1 aliphatic heterocycles. The van der Waals surface area contributed by atoms with E-state index in [9.17, 15) is 0 Å². The zero-order valence-corrected chi connectivity index (χ0v) is 7.12. The van der Waals surface area contributed by atoms with E-state index in [1.165, 1.54) is 5.75 Å². The van der Waals surface area contributed by atoms with Gasteiger partial charge >= 0.3 is 0 Å². The molecular weight excluding hydrogens is 132 g/mol. The molecule has 54 valence electrons. The van der Waals surface area contributed by atoms with Crippen LogP contribution in [0.3, 0.4) is 0 Å². The summed E-state index contributed by atoms with van der Waals surface area (Å²) in [6, 6.07) is 0. The maximum Gasteiger partial charge on any atom is 0.0926 e. The first-order valence-electron chi connectivity index (χ1n) is 3.30. The fraction of sp³-hybridized carbons (Fsp3) is 1.00. The number of rotatable bonds is 0. The van der Waals surface area contributed by atoms with Crippen LogP contribution in [0.15, 0.2) is 0 Å². The molecule has 0 N–H and O–H groups in total. The highest BCUT2D eigenvalue weighted by Crippen LogP contribution is 2.30. The molecule has 1 atom stereocenters. The lowest BCUT2D eigenvalue weighted by Crippen LogP contribution is -2.27. The van der Waals surface area contributed by atoms with Crippen molar-refractivity contribution in [3.63, 3.8) is 0 Å². The molecule has 0 aromatic heterocycles. The molecule has 0 aromatic carbocycles. The highest BCUT2D eigenvalue weighted by molar-refractivity contribution is 7.99. The summed E-state index contributed by atoms with van der Waals surface area (Å²) in [5.74, 6) is 2.06. The topological polar surface area (TPSA) is 9.23 Å². The second kappa shape index (κ2) is 2.51. The van der Waals surface area contributed by atoms with Gasteiger partial charge in [0.2, 0.25) is 0 Å². The third-order valence-corrected chi connectivity index (χ3v) is 2.43. The molecule has 0 spiro atoms. The molecule has 9 heavy (non-hydrogen) atoms. The summed E-state index contributed by atoms with van der Waals surface area (Å²) in [6.07, 6.45) is 0.475. The summed E-state index contributed by atoms with van der Waals surface area (Å²) < 4.78 is 5.48. The van der Waals surface area contributed by atoms with Crippen molar-refractivity contribution < 1.29 is 4.74 Å². The van der Waals surface area contributed by atoms with Crippen molar-refractivity contribution >= 4 is 11.8 Å². The predicted molar refractivity (Wildman–Crippen MR) is 41.7 cm³/mol. The summed E-state index contributed by atoms with van der Waals surface area (Å²) >= 11 is 1.89. The van der Waals surface area contributed by atoms with E-state index in [0.29, 0.717) is 11.5 Å². The van der Waals surface area contributed by atoms with E-state index in [0.717, 1.165) is 5.94 Å². The summed E-state index contributed by atoms with van der Waals surface area (Å²) in [7, 11) is 0. The van der Waals surface area contributed by atoms with Gasteiger partial charge in [0, 0.05) is 5.75 Å². The van der Waals surface area contributed by atoms with Gasteiger partial charge in [-0.15, -0.1) is 11.8 Å². The van der Waals surface area contributed by atoms with Crippen molar-refractivity contribution in [1.82, 2.24) is 0 Å². The van der Waals surface area contributed by atoms with Gasteiger partial charge in [-0.25, -0.2) is 0 Å². The molecule has 0 bridgehead atoms. The van der Waals surface area contributed by atoms with Gasteiger partial charge in [0.1, 0.15) is 0 Å². The van der Waals surface area contributed by atoms with Crippen LogP contribution in [0.5, 0.6) is 0 Å². The van der Waals surface area contributed by atoms with Crippen LogP contribution in [-0.2, 0) is 4.74 Å². The molecule has 1 saturated heterocycles. The summed E-state index contributed by atoms with van der Waals surface area (Å²) in [6.45, 7) is 6.68. The van der Waals surface area contributed by atoms with E-state index in [1.807, 2.05) is 11.8 Å². The van der Waals surface area contributed by atoms with E-state index in [4.69, 9.17) is 4.74 Å². The lowest BCUT2D eigenvalue weighted by molar-refractivity contribution is 0.0384. The van der Waals surface area contributed by atoms with Gasteiger partial charge in [-0.1, -0.05) is 20.8 Å². The van der Waals surface area contributed by atoms with E-state index in [2.05, 4.69) is 20.8 Å². The number of thioether (sulfide) groups is 1. The average Bonchev–Trinajstić information content (AvgIpc) is 2.08. The highest BCUT2D eigenvalue weighted by atomic mass is 32.2. The van der Waals surface area contributed by atoms with Gasteiger partial charge in [0.15, 0.2) is 0 Å². The Morgan fingerprint density at radius 2 is 2.11 bits per heavy atom. The molecule has 0 radical (unpaired) electrons. The summed E-state index contributed by atoms with van der Waals surface area (Å²) in [5.41, 5.74) is 0.337. The fourth-order valence-corrected chi connectivity index (χ4v) is 2.00. The quantitative estimate of drug-likeness (QED) is 0.517. The minimum absolute atomic E-state index is 0.337. The average molecular weight is 146 g/mol. The van der Waals surface area contributed by atoms with Crippen LogP contribution in [0.4, 0.5) is 0 Å². The standard InChI is InChI=1S/C7H14OS/c1-7(2,3)6-4-9-5-8-6/h6H,4-5H2,1-3H3. The van der Waals surface area contributed by atoms with Crippen molar-refractivity contribution in [2.45, 2.75) is 26.9 Å². The third kappa shape index (κ3) is 1.87. The summed E-state index contributed by atoms with van der Waals surface area (Å²) in [5, 5.41) is 0. The molecular formula is C7H14OS. The third-order valence-electron chi connectivity index (χ3n) is 1.59. The van der Waals surface area contributed by atoms with Crippen molar-refractivity contribution in [3.05, 3.63) is 0 Å². The molecule has 1 rings (SSSR count). The first-order chi connectivity index (χ1) is 4.11. The van der Waals surface area contributed by atoms with Crippen LogP contribution < -0.4 is 0 Å². The number of ether oxygens (including phenoxy) is 1. The largest absolute Gasteiger partial charge is 0.366 e. The van der Waals surface area contributed by atoms with Crippen LogP contribution in [-0.4, -0.2) is 17.8 Å². The van der Waals surface area contributed by atoms with Gasteiger partial charge in [-0.3, -0.25) is 0 Å². The molecule has 1 unspecified atom stereocenters. The molecule has 0 amide bonds. The number of hydrogen-bond donors (Lipinski definition) is 0. The van der Waals surface area contributed by atoms with E-state index < -0.39 is 0 Å². The maximum absolute atomic E-state index is 5.48. The van der Waals surface area contributed by atoms with Gasteiger partial charge in [-0.05, 0) is 5.41 Å². The van der Waals surface area contributed by atoms with E-state index in [-0.39, 0.29) is 0 Å². The van der Waals surface area contributed by atoms with Crippen LogP contribution in [0.2, 0.25) is 0 Å². The zero-order valence-electron chi connectivity index (χ0n) is 6.31. The second-order valence-corrected chi connectivity index (χ2v) is 4.49. The Hall–Kier alpha value is 0.310. The highest BCUT2D eigenvalue weighted by Gasteiger charge is 2.28. The molecule has 0 aliphatic carbocycles. The molecule has 1 aliphatic rings. The monoisotopic (exact) mass is 146 g/mol. The van der Waals surface area contributed by atoms with Gasteiger partial charge in [0.25, 0.3) is 0 Å². The SMILES string of the molecule is CC(C)(C)C1CSCO1. The first-order valence-corrected chi connectivity index (χ1v) is 4.45. The van der Waals surface area contributed by atoms with Gasteiger partial charge < -0.3 is 4.74 Å². The van der Waals surface area contributed by atoms with E-state index >= 15 is 0 Å². The molecule has 1 nitrogen and oxygen atoms in total. The maximum atomic E-state index is 5.48. The van der Waals surface area contributed by atoms with E-state index in [1.54, 1.807) is 0 Å². The summed E-state index contributed by atoms with van der Waals surface area (Å²) in [4.78, 5) is 0. The minimum Gasteiger partial charge on any atom is -0.366 e. The van der Waals surface area contributed by atoms with Crippen molar-refractivity contribution in [2.24, 2.45) is 5.41 Å². The zero-order chi connectivity index (χ0) is 6.91. The number of hydrogen-bond acceptors (Lipinski definition) is 2. The Morgan fingerprint density at radius 1 is 1.44 bits per heavy atom. The predicted octanol–water partition coefficient (Wildman–Crippen LogP) is 2.12. The van der Waals surface area contributed by atoms with Crippen LogP contribution in [0.25, 0.3) is 0 Å². The van der Waals surface area contributed by atoms with Gasteiger partial charge in [0.05, 0.1) is 12.0 Å². The molecule has 2 heteroatoms. The Kier molecular flexibility index (Phi) is 2.07. The molecule has 1 heterocycles. The Morgan fingerprint density at radius 3 is 2.33 bits per heavy atom. The first kappa shape index (κ1) is 7.42. The van der Waals surface area contributed by atoms with Crippen molar-refractivity contribution in [3.8, 4) is 0 Å². The Balaban J connectivity index is 2.42. The lowest BCUT2D eigenvalue weighted by Gasteiger charge is -2.24. The van der Waals surface area contributed by atoms with Crippen LogP contribution >= 0.6 is 11.8 Å². The minimum atomic E-state index is 0.337. The van der Waals surface area contributed by atoms with Crippen molar-refractivity contribution in [1.29, 1.82) is 0 Å². The normalized spacial score (nSPS) is 29.0. The Bertz CT molecular complexity index is 89.6. The van der Waals surface area contributed by atoms with Gasteiger partial charge in [-0.2, -0.15) is 0 Å². The Labute approximate surface area is 61.2 Å². The smallest absolute Gasteiger partial charge is 0.0926 e. The van der Waals surface area contributed by atoms with Crippen molar-refractivity contribution in [2.75, 3.05) is 11.7 Å². The second-order valence-electron chi connectivity index (χ2n) is 3.51. The lowest BCUT2D eigenvalue weighted by atomic mass is 9.90. The molecule has 1 fully saturated rings. The molecule has 0 saturated carbocycles. The molecule has 0 aromatic rings. The van der Waals surface area contributed by atoms with Crippen LogP contribution in [0.1, 0.15) is 20.8 Å².